The van der Waals surface area contributed by atoms with E-state index >= 15 is 0 Å². The molecule has 0 amide bonds. The molecule has 0 aromatic heterocycles. The van der Waals surface area contributed by atoms with Gasteiger partial charge in [-0.2, -0.15) is 0 Å². The van der Waals surface area contributed by atoms with Gasteiger partial charge in [-0.15, -0.1) is 0 Å². The molecule has 2 N–H and O–H groups in total. The zero-order valence-electron chi connectivity index (χ0n) is 8.13. The van der Waals surface area contributed by atoms with E-state index in [9.17, 15) is 5.11 Å². The van der Waals surface area contributed by atoms with E-state index in [1.54, 1.807) is 0 Å². The normalized spacial score (nSPS) is 13.2. The van der Waals surface area contributed by atoms with Crippen molar-refractivity contribution in [3.63, 3.8) is 0 Å². The fourth-order valence-corrected chi connectivity index (χ4v) is 1.27. The lowest BCUT2D eigenvalue weighted by Gasteiger charge is -2.08. The Kier molecular flexibility index (Phi) is 8.95. The van der Waals surface area contributed by atoms with Gasteiger partial charge in [0.15, 0.2) is 0 Å². The zero-order valence-corrected chi connectivity index (χ0v) is 8.13. The fraction of sp³-hybridized carbons (Fsp3) is 1.00. The van der Waals surface area contributed by atoms with Gasteiger partial charge >= 0.3 is 0 Å². The van der Waals surface area contributed by atoms with Crippen molar-refractivity contribution in [3.8, 4) is 0 Å². The van der Waals surface area contributed by atoms with E-state index in [4.69, 9.17) is 5.11 Å². The first-order valence-corrected chi connectivity index (χ1v) is 5.10. The Bertz CT molecular complexity index is 73.9. The molecular formula is C10H22O2. The first-order chi connectivity index (χ1) is 5.81. The van der Waals surface area contributed by atoms with Crippen molar-refractivity contribution < 1.29 is 10.2 Å². The number of aliphatic hydroxyl groups is 2. The Balaban J connectivity index is 3.04. The predicted molar refractivity (Wildman–Crippen MR) is 51.1 cm³/mol. The molecule has 2 heteroatoms. The van der Waals surface area contributed by atoms with Gasteiger partial charge in [0.2, 0.25) is 0 Å². The van der Waals surface area contributed by atoms with E-state index < -0.39 is 0 Å². The summed E-state index contributed by atoms with van der Waals surface area (Å²) in [4.78, 5) is 0. The average Bonchev–Trinajstić information content (AvgIpc) is 2.06. The molecule has 0 radical (unpaired) electrons. The lowest BCUT2D eigenvalue weighted by Crippen LogP contribution is -2.06. The molecular weight excluding hydrogens is 152 g/mol. The van der Waals surface area contributed by atoms with Gasteiger partial charge in [0.05, 0.1) is 6.10 Å². The van der Waals surface area contributed by atoms with E-state index in [1.807, 2.05) is 0 Å². The number of unbranched alkanes of at least 4 members (excludes halogenated alkanes) is 3. The first kappa shape index (κ1) is 11.9. The SMILES string of the molecule is CCCCCC(O)CCCCO. The summed E-state index contributed by atoms with van der Waals surface area (Å²) in [5, 5.41) is 17.9. The Morgan fingerprint density at radius 3 is 2.08 bits per heavy atom. The maximum Gasteiger partial charge on any atom is 0.0540 e. The van der Waals surface area contributed by atoms with Crippen LogP contribution in [-0.4, -0.2) is 22.9 Å². The maximum absolute atomic E-state index is 9.42. The minimum absolute atomic E-state index is 0.136. The van der Waals surface area contributed by atoms with Gasteiger partial charge in [0.1, 0.15) is 0 Å². The summed E-state index contributed by atoms with van der Waals surface area (Å²) in [6, 6.07) is 0. The van der Waals surface area contributed by atoms with Crippen molar-refractivity contribution in [1.29, 1.82) is 0 Å². The van der Waals surface area contributed by atoms with Crippen LogP contribution < -0.4 is 0 Å². The topological polar surface area (TPSA) is 40.5 Å². The second kappa shape index (κ2) is 9.01. The smallest absolute Gasteiger partial charge is 0.0540 e. The lowest BCUT2D eigenvalue weighted by molar-refractivity contribution is 0.144. The standard InChI is InChI=1S/C10H22O2/c1-2-3-4-7-10(12)8-5-6-9-11/h10-12H,2-9H2,1H3. The van der Waals surface area contributed by atoms with E-state index in [0.717, 1.165) is 32.1 Å². The van der Waals surface area contributed by atoms with Crippen LogP contribution in [0.4, 0.5) is 0 Å². The van der Waals surface area contributed by atoms with Crippen LogP contribution in [0.2, 0.25) is 0 Å². The van der Waals surface area contributed by atoms with Gasteiger partial charge in [-0.05, 0) is 25.7 Å². The van der Waals surface area contributed by atoms with Crippen LogP contribution in [0.15, 0.2) is 0 Å². The monoisotopic (exact) mass is 174 g/mol. The Labute approximate surface area is 75.6 Å². The molecule has 0 saturated heterocycles. The summed E-state index contributed by atoms with van der Waals surface area (Å²) in [7, 11) is 0. The second-order valence-corrected chi connectivity index (χ2v) is 3.37. The van der Waals surface area contributed by atoms with Gasteiger partial charge in [-0.1, -0.05) is 26.2 Å². The molecule has 0 fully saturated rings. The molecule has 0 aliphatic rings. The number of hydrogen-bond donors (Lipinski definition) is 2. The summed E-state index contributed by atoms with van der Waals surface area (Å²) in [6.07, 6.45) is 6.98. The van der Waals surface area contributed by atoms with E-state index in [2.05, 4.69) is 6.92 Å². The van der Waals surface area contributed by atoms with Crippen LogP contribution in [0.5, 0.6) is 0 Å². The highest BCUT2D eigenvalue weighted by atomic mass is 16.3. The van der Waals surface area contributed by atoms with Crippen molar-refractivity contribution in [2.75, 3.05) is 6.61 Å². The Morgan fingerprint density at radius 1 is 1.00 bits per heavy atom. The lowest BCUT2D eigenvalue weighted by atomic mass is 10.1. The molecule has 0 saturated carbocycles. The third-order valence-corrected chi connectivity index (χ3v) is 2.09. The summed E-state index contributed by atoms with van der Waals surface area (Å²) in [6.45, 7) is 2.42. The summed E-state index contributed by atoms with van der Waals surface area (Å²) in [5.74, 6) is 0. The molecule has 2 nitrogen and oxygen atoms in total. The highest BCUT2D eigenvalue weighted by Gasteiger charge is 2.02. The van der Waals surface area contributed by atoms with Gasteiger partial charge in [0.25, 0.3) is 0 Å². The quantitative estimate of drug-likeness (QED) is 0.553. The van der Waals surface area contributed by atoms with Crippen LogP contribution in [-0.2, 0) is 0 Å². The first-order valence-electron chi connectivity index (χ1n) is 5.10. The van der Waals surface area contributed by atoms with Gasteiger partial charge < -0.3 is 10.2 Å². The molecule has 0 aliphatic heterocycles. The number of hydrogen-bond acceptors (Lipinski definition) is 2. The molecule has 1 atom stereocenters. The van der Waals surface area contributed by atoms with Crippen molar-refractivity contribution in [2.45, 2.75) is 58.0 Å². The van der Waals surface area contributed by atoms with Gasteiger partial charge in [-0.3, -0.25) is 0 Å². The molecule has 1 unspecified atom stereocenters. The average molecular weight is 174 g/mol. The molecule has 0 rings (SSSR count). The minimum Gasteiger partial charge on any atom is -0.396 e. The largest absolute Gasteiger partial charge is 0.396 e. The summed E-state index contributed by atoms with van der Waals surface area (Å²) < 4.78 is 0. The summed E-state index contributed by atoms with van der Waals surface area (Å²) >= 11 is 0. The zero-order chi connectivity index (χ0) is 9.23. The molecule has 0 bridgehead atoms. The predicted octanol–water partition coefficient (Wildman–Crippen LogP) is 2.09. The molecule has 0 aromatic carbocycles. The van der Waals surface area contributed by atoms with E-state index in [1.165, 1.54) is 12.8 Å². The van der Waals surface area contributed by atoms with E-state index in [0.29, 0.717) is 0 Å². The Morgan fingerprint density at radius 2 is 1.58 bits per heavy atom. The molecule has 0 spiro atoms. The van der Waals surface area contributed by atoms with Crippen LogP contribution in [0.25, 0.3) is 0 Å². The van der Waals surface area contributed by atoms with Crippen LogP contribution in [0.1, 0.15) is 51.9 Å². The van der Waals surface area contributed by atoms with Gasteiger partial charge in [-0.25, -0.2) is 0 Å². The Hall–Kier alpha value is -0.0800. The third-order valence-electron chi connectivity index (χ3n) is 2.09. The minimum atomic E-state index is -0.136. The summed E-state index contributed by atoms with van der Waals surface area (Å²) in [5.41, 5.74) is 0. The number of aliphatic hydroxyl groups excluding tert-OH is 2. The second-order valence-electron chi connectivity index (χ2n) is 3.37. The molecule has 74 valence electrons. The highest BCUT2D eigenvalue weighted by Crippen LogP contribution is 2.08. The van der Waals surface area contributed by atoms with Gasteiger partial charge in [0, 0.05) is 6.61 Å². The fourth-order valence-electron chi connectivity index (χ4n) is 1.27. The maximum atomic E-state index is 9.42. The van der Waals surface area contributed by atoms with Crippen LogP contribution in [0, 0.1) is 0 Å². The van der Waals surface area contributed by atoms with Crippen molar-refractivity contribution in [2.24, 2.45) is 0 Å². The third kappa shape index (κ3) is 8.02. The van der Waals surface area contributed by atoms with Crippen molar-refractivity contribution in [1.82, 2.24) is 0 Å². The number of rotatable bonds is 8. The van der Waals surface area contributed by atoms with Crippen molar-refractivity contribution in [3.05, 3.63) is 0 Å². The molecule has 12 heavy (non-hydrogen) atoms. The molecule has 0 heterocycles. The molecule has 0 aromatic rings. The highest BCUT2D eigenvalue weighted by molar-refractivity contribution is 4.55. The van der Waals surface area contributed by atoms with Crippen LogP contribution in [0.3, 0.4) is 0 Å². The molecule has 0 aliphatic carbocycles. The van der Waals surface area contributed by atoms with E-state index in [-0.39, 0.29) is 12.7 Å². The van der Waals surface area contributed by atoms with Crippen LogP contribution >= 0.6 is 0 Å². The van der Waals surface area contributed by atoms with Crippen molar-refractivity contribution >= 4 is 0 Å².